The third-order valence-corrected chi connectivity index (χ3v) is 2.88. The molecule has 0 aromatic heterocycles. The molecule has 0 fully saturated rings. The number of carboxylic acids is 2. The molecule has 0 saturated heterocycles. The molecule has 2 N–H and O–H groups in total. The van der Waals surface area contributed by atoms with Gasteiger partial charge in [0.15, 0.2) is 0 Å². The van der Waals surface area contributed by atoms with Crippen molar-refractivity contribution < 1.29 is 19.8 Å². The van der Waals surface area contributed by atoms with E-state index < -0.39 is 17.9 Å². The van der Waals surface area contributed by atoms with Crippen molar-refractivity contribution in [3.8, 4) is 0 Å². The van der Waals surface area contributed by atoms with Gasteiger partial charge >= 0.3 is 11.9 Å². The Morgan fingerprint density at radius 2 is 1.72 bits per heavy atom. The lowest BCUT2D eigenvalue weighted by Gasteiger charge is -2.09. The first-order valence-corrected chi connectivity index (χ1v) is 6.08. The smallest absolute Gasteiger partial charge is 0.307 e. The highest BCUT2D eigenvalue weighted by atomic mass is 16.4. The number of benzene rings is 1. The van der Waals surface area contributed by atoms with E-state index in [1.807, 2.05) is 30.3 Å². The topological polar surface area (TPSA) is 74.6 Å². The number of aryl methyl sites for hydroxylation is 1. The summed E-state index contributed by atoms with van der Waals surface area (Å²) >= 11 is 0. The molecule has 1 atom stereocenters. The van der Waals surface area contributed by atoms with E-state index in [-0.39, 0.29) is 6.42 Å². The molecule has 1 aromatic carbocycles. The van der Waals surface area contributed by atoms with Crippen LogP contribution in [0.1, 0.15) is 31.2 Å². The van der Waals surface area contributed by atoms with Crippen LogP contribution < -0.4 is 0 Å². The van der Waals surface area contributed by atoms with E-state index >= 15 is 0 Å². The molecule has 18 heavy (non-hydrogen) atoms. The zero-order valence-corrected chi connectivity index (χ0v) is 10.2. The number of aliphatic carboxylic acids is 2. The van der Waals surface area contributed by atoms with Gasteiger partial charge in [-0.05, 0) is 24.8 Å². The van der Waals surface area contributed by atoms with Crippen molar-refractivity contribution in [2.75, 3.05) is 0 Å². The first-order chi connectivity index (χ1) is 8.59. The fraction of sp³-hybridized carbons (Fsp3) is 0.429. The number of hydrogen-bond donors (Lipinski definition) is 2. The molecule has 0 radical (unpaired) electrons. The molecule has 0 unspecified atom stereocenters. The van der Waals surface area contributed by atoms with E-state index in [4.69, 9.17) is 10.2 Å². The third-order valence-electron chi connectivity index (χ3n) is 2.88. The van der Waals surface area contributed by atoms with Crippen LogP contribution in [-0.4, -0.2) is 22.2 Å². The van der Waals surface area contributed by atoms with Gasteiger partial charge in [0.1, 0.15) is 0 Å². The Bertz CT molecular complexity index is 386. The van der Waals surface area contributed by atoms with Crippen LogP contribution in [0.5, 0.6) is 0 Å². The van der Waals surface area contributed by atoms with E-state index in [0.29, 0.717) is 6.42 Å². The lowest BCUT2D eigenvalue weighted by Crippen LogP contribution is -2.17. The minimum atomic E-state index is -1.05. The highest BCUT2D eigenvalue weighted by Gasteiger charge is 2.20. The highest BCUT2D eigenvalue weighted by molar-refractivity contribution is 5.77. The van der Waals surface area contributed by atoms with Gasteiger partial charge in [0.25, 0.3) is 0 Å². The normalized spacial score (nSPS) is 12.0. The Labute approximate surface area is 106 Å². The Kier molecular flexibility index (Phi) is 5.91. The largest absolute Gasteiger partial charge is 0.481 e. The fourth-order valence-electron chi connectivity index (χ4n) is 1.89. The monoisotopic (exact) mass is 250 g/mol. The van der Waals surface area contributed by atoms with Crippen LogP contribution in [0.25, 0.3) is 0 Å². The van der Waals surface area contributed by atoms with Crippen LogP contribution in [0, 0.1) is 5.92 Å². The molecule has 0 aliphatic heterocycles. The molecule has 0 heterocycles. The van der Waals surface area contributed by atoms with Crippen LogP contribution in [-0.2, 0) is 16.0 Å². The van der Waals surface area contributed by atoms with Crippen LogP contribution >= 0.6 is 0 Å². The molecule has 4 heteroatoms. The van der Waals surface area contributed by atoms with Gasteiger partial charge in [-0.2, -0.15) is 0 Å². The molecule has 1 rings (SSSR count). The molecule has 0 aliphatic carbocycles. The fourth-order valence-corrected chi connectivity index (χ4v) is 1.89. The predicted octanol–water partition coefficient (Wildman–Crippen LogP) is 2.57. The number of carbonyl (C=O) groups is 2. The van der Waals surface area contributed by atoms with Gasteiger partial charge in [-0.1, -0.05) is 36.8 Å². The van der Waals surface area contributed by atoms with Crippen molar-refractivity contribution >= 4 is 11.9 Å². The van der Waals surface area contributed by atoms with Gasteiger partial charge in [0.05, 0.1) is 12.3 Å². The number of unbranched alkanes of at least 4 members (excludes halogenated alkanes) is 1. The lowest BCUT2D eigenvalue weighted by atomic mass is 9.97. The molecule has 1 aromatic rings. The number of rotatable bonds is 8. The molecule has 0 spiro atoms. The summed E-state index contributed by atoms with van der Waals surface area (Å²) in [6.45, 7) is 0. The van der Waals surface area contributed by atoms with Crippen LogP contribution in [0.3, 0.4) is 0 Å². The summed E-state index contributed by atoms with van der Waals surface area (Å²) in [6, 6.07) is 9.97. The van der Waals surface area contributed by atoms with E-state index in [1.54, 1.807) is 0 Å². The van der Waals surface area contributed by atoms with Crippen LogP contribution in [0.15, 0.2) is 30.3 Å². The zero-order chi connectivity index (χ0) is 13.4. The van der Waals surface area contributed by atoms with Gasteiger partial charge in [-0.25, -0.2) is 0 Å². The Morgan fingerprint density at radius 1 is 1.06 bits per heavy atom. The van der Waals surface area contributed by atoms with Gasteiger partial charge < -0.3 is 10.2 Å². The molecule has 0 saturated carbocycles. The van der Waals surface area contributed by atoms with Gasteiger partial charge in [0.2, 0.25) is 0 Å². The molecule has 0 amide bonds. The van der Waals surface area contributed by atoms with Gasteiger partial charge in [0, 0.05) is 0 Å². The van der Waals surface area contributed by atoms with E-state index in [1.165, 1.54) is 5.56 Å². The highest BCUT2D eigenvalue weighted by Crippen LogP contribution is 2.15. The molecule has 98 valence electrons. The van der Waals surface area contributed by atoms with E-state index in [2.05, 4.69) is 0 Å². The summed E-state index contributed by atoms with van der Waals surface area (Å²) in [4.78, 5) is 21.3. The molecule has 0 aliphatic rings. The maximum Gasteiger partial charge on any atom is 0.307 e. The zero-order valence-electron chi connectivity index (χ0n) is 10.2. The standard InChI is InChI=1S/C14H18O4/c15-13(16)10-12(14(17)18)9-5-4-8-11-6-2-1-3-7-11/h1-3,6-7,12H,4-5,8-10H2,(H,15,16)(H,17,18)/t12-/m0/s1. The summed E-state index contributed by atoms with van der Waals surface area (Å²) in [5.41, 5.74) is 1.22. The number of carboxylic acid groups (broad SMARTS) is 2. The number of hydrogen-bond acceptors (Lipinski definition) is 2. The Hall–Kier alpha value is -1.84. The van der Waals surface area contributed by atoms with E-state index in [0.717, 1.165) is 19.3 Å². The molecular weight excluding hydrogens is 232 g/mol. The minimum Gasteiger partial charge on any atom is -0.481 e. The van der Waals surface area contributed by atoms with Crippen LogP contribution in [0.4, 0.5) is 0 Å². The second-order valence-electron chi connectivity index (χ2n) is 4.36. The van der Waals surface area contributed by atoms with Crippen molar-refractivity contribution in [3.63, 3.8) is 0 Å². The summed E-state index contributed by atoms with van der Waals surface area (Å²) in [6.07, 6.45) is 2.65. The summed E-state index contributed by atoms with van der Waals surface area (Å²) < 4.78 is 0. The van der Waals surface area contributed by atoms with Crippen molar-refractivity contribution in [1.82, 2.24) is 0 Å². The van der Waals surface area contributed by atoms with E-state index in [9.17, 15) is 9.59 Å². The third kappa shape index (κ3) is 5.48. The van der Waals surface area contributed by atoms with Crippen molar-refractivity contribution in [2.24, 2.45) is 5.92 Å². The Morgan fingerprint density at radius 3 is 2.28 bits per heavy atom. The quantitative estimate of drug-likeness (QED) is 0.695. The van der Waals surface area contributed by atoms with Crippen molar-refractivity contribution in [3.05, 3.63) is 35.9 Å². The minimum absolute atomic E-state index is 0.291. The first kappa shape index (κ1) is 14.2. The van der Waals surface area contributed by atoms with Crippen molar-refractivity contribution in [2.45, 2.75) is 32.1 Å². The lowest BCUT2D eigenvalue weighted by molar-refractivity contribution is -0.148. The van der Waals surface area contributed by atoms with Gasteiger partial charge in [-0.3, -0.25) is 9.59 Å². The molecule has 4 nitrogen and oxygen atoms in total. The maximum absolute atomic E-state index is 10.8. The first-order valence-electron chi connectivity index (χ1n) is 6.08. The Balaban J connectivity index is 2.27. The summed E-state index contributed by atoms with van der Waals surface area (Å²) in [7, 11) is 0. The molecule has 0 bridgehead atoms. The van der Waals surface area contributed by atoms with Crippen molar-refractivity contribution in [1.29, 1.82) is 0 Å². The van der Waals surface area contributed by atoms with Gasteiger partial charge in [-0.15, -0.1) is 0 Å². The predicted molar refractivity (Wildman–Crippen MR) is 67.4 cm³/mol. The summed E-state index contributed by atoms with van der Waals surface area (Å²) in [5.74, 6) is -2.83. The van der Waals surface area contributed by atoms with Crippen LogP contribution in [0.2, 0.25) is 0 Å². The average Bonchev–Trinajstić information content (AvgIpc) is 2.33. The second kappa shape index (κ2) is 7.48. The SMILES string of the molecule is O=C(O)C[C@H](CCCCc1ccccc1)C(=O)O. The molecular formula is C14H18O4. The average molecular weight is 250 g/mol. The second-order valence-corrected chi connectivity index (χ2v) is 4.36. The summed E-state index contributed by atoms with van der Waals surface area (Å²) in [5, 5.41) is 17.5. The maximum atomic E-state index is 10.8.